The number of nitrogen functional groups attached to an aromatic ring is 1. The number of ether oxygens (including phenoxy) is 1. The highest BCUT2D eigenvalue weighted by atomic mass is 32.1. The number of nitrogens with two attached hydrogens (primary N) is 1. The van der Waals surface area contributed by atoms with E-state index in [-0.39, 0.29) is 12.1 Å². The Bertz CT molecular complexity index is 667. The summed E-state index contributed by atoms with van der Waals surface area (Å²) in [4.78, 5) is 16.5. The van der Waals surface area contributed by atoms with Gasteiger partial charge in [0.2, 0.25) is 0 Å². The SMILES string of the molecule is CC1CCC(OC(=O)c2ccc3nc(N)sc3c2)CC1C. The van der Waals surface area contributed by atoms with Gasteiger partial charge in [0.25, 0.3) is 0 Å². The minimum Gasteiger partial charge on any atom is -0.459 e. The minimum absolute atomic E-state index is 0.0472. The van der Waals surface area contributed by atoms with Crippen molar-refractivity contribution in [3.05, 3.63) is 23.8 Å². The van der Waals surface area contributed by atoms with Crippen LogP contribution in [0.3, 0.4) is 0 Å². The molecule has 1 aliphatic carbocycles. The van der Waals surface area contributed by atoms with Gasteiger partial charge in [0.05, 0.1) is 15.8 Å². The van der Waals surface area contributed by atoms with Crippen LogP contribution in [0.15, 0.2) is 18.2 Å². The van der Waals surface area contributed by atoms with Gasteiger partial charge in [-0.1, -0.05) is 25.2 Å². The number of aromatic nitrogens is 1. The lowest BCUT2D eigenvalue weighted by Crippen LogP contribution is -2.28. The summed E-state index contributed by atoms with van der Waals surface area (Å²) in [5.74, 6) is 1.09. The fraction of sp³-hybridized carbons (Fsp3) is 0.500. The molecule has 0 saturated heterocycles. The maximum atomic E-state index is 12.3. The molecule has 2 aromatic rings. The van der Waals surface area contributed by atoms with Gasteiger partial charge in [-0.2, -0.15) is 0 Å². The van der Waals surface area contributed by atoms with E-state index in [1.54, 1.807) is 6.07 Å². The average Bonchev–Trinajstić information content (AvgIpc) is 2.82. The monoisotopic (exact) mass is 304 g/mol. The zero-order valence-corrected chi connectivity index (χ0v) is 13.2. The van der Waals surface area contributed by atoms with E-state index in [0.29, 0.717) is 16.6 Å². The summed E-state index contributed by atoms with van der Waals surface area (Å²) in [6.07, 6.45) is 3.10. The fourth-order valence-corrected chi connectivity index (χ4v) is 3.67. The van der Waals surface area contributed by atoms with Crippen molar-refractivity contribution in [2.75, 3.05) is 5.73 Å². The van der Waals surface area contributed by atoms with Gasteiger partial charge in [0.1, 0.15) is 6.10 Å². The van der Waals surface area contributed by atoms with Crippen molar-refractivity contribution in [1.29, 1.82) is 0 Å². The normalized spacial score (nSPS) is 25.9. The van der Waals surface area contributed by atoms with Crippen LogP contribution in [0.4, 0.5) is 5.13 Å². The highest BCUT2D eigenvalue weighted by molar-refractivity contribution is 7.22. The van der Waals surface area contributed by atoms with Crippen molar-refractivity contribution in [2.24, 2.45) is 11.8 Å². The second-order valence-electron chi connectivity index (χ2n) is 6.03. The van der Waals surface area contributed by atoms with E-state index >= 15 is 0 Å². The lowest BCUT2D eigenvalue weighted by Gasteiger charge is -2.31. The third-order valence-corrected chi connectivity index (χ3v) is 5.31. The first-order valence-corrected chi connectivity index (χ1v) is 8.21. The summed E-state index contributed by atoms with van der Waals surface area (Å²) in [5.41, 5.74) is 7.09. The van der Waals surface area contributed by atoms with E-state index in [1.807, 2.05) is 12.1 Å². The van der Waals surface area contributed by atoms with E-state index in [9.17, 15) is 4.79 Å². The number of nitrogens with zero attached hydrogens (tertiary/aromatic N) is 1. The Morgan fingerprint density at radius 1 is 1.33 bits per heavy atom. The van der Waals surface area contributed by atoms with Crippen LogP contribution < -0.4 is 5.73 Å². The second-order valence-corrected chi connectivity index (χ2v) is 7.09. The molecule has 21 heavy (non-hydrogen) atoms. The number of thiazole rings is 1. The quantitative estimate of drug-likeness (QED) is 0.856. The number of benzene rings is 1. The predicted octanol–water partition coefficient (Wildman–Crippen LogP) is 3.86. The van der Waals surface area contributed by atoms with Crippen LogP contribution in [-0.4, -0.2) is 17.1 Å². The Labute approximate surface area is 128 Å². The van der Waals surface area contributed by atoms with Gasteiger partial charge in [0, 0.05) is 0 Å². The molecule has 2 N–H and O–H groups in total. The molecule has 112 valence electrons. The number of esters is 1. The molecule has 1 aromatic carbocycles. The summed E-state index contributed by atoms with van der Waals surface area (Å²) in [6.45, 7) is 4.50. The molecular weight excluding hydrogens is 284 g/mol. The van der Waals surface area contributed by atoms with Crippen LogP contribution in [0.25, 0.3) is 10.2 Å². The number of anilines is 1. The van der Waals surface area contributed by atoms with E-state index in [0.717, 1.165) is 35.4 Å². The highest BCUT2D eigenvalue weighted by Gasteiger charge is 2.27. The molecule has 4 nitrogen and oxygen atoms in total. The van der Waals surface area contributed by atoms with Crippen LogP contribution >= 0.6 is 11.3 Å². The molecule has 0 aliphatic heterocycles. The molecule has 5 heteroatoms. The summed E-state index contributed by atoms with van der Waals surface area (Å²) < 4.78 is 6.59. The first kappa shape index (κ1) is 14.3. The lowest BCUT2D eigenvalue weighted by molar-refractivity contribution is 0.00881. The van der Waals surface area contributed by atoms with Gasteiger partial charge in [-0.25, -0.2) is 9.78 Å². The number of hydrogen-bond donors (Lipinski definition) is 1. The molecule has 0 bridgehead atoms. The van der Waals surface area contributed by atoms with E-state index in [4.69, 9.17) is 10.5 Å². The maximum absolute atomic E-state index is 12.3. The number of carbonyl (C=O) groups is 1. The molecule has 3 rings (SSSR count). The van der Waals surface area contributed by atoms with Crippen molar-refractivity contribution in [1.82, 2.24) is 4.98 Å². The van der Waals surface area contributed by atoms with Crippen molar-refractivity contribution >= 4 is 32.7 Å². The van der Waals surface area contributed by atoms with E-state index < -0.39 is 0 Å². The Kier molecular flexibility index (Phi) is 3.85. The summed E-state index contributed by atoms with van der Waals surface area (Å²) in [7, 11) is 0. The molecule has 3 atom stereocenters. The van der Waals surface area contributed by atoms with Crippen LogP contribution in [0.5, 0.6) is 0 Å². The summed E-state index contributed by atoms with van der Waals surface area (Å²) in [5, 5.41) is 0.519. The number of rotatable bonds is 2. The predicted molar refractivity (Wildman–Crippen MR) is 85.4 cm³/mol. The largest absolute Gasteiger partial charge is 0.459 e. The third-order valence-electron chi connectivity index (χ3n) is 4.46. The Balaban J connectivity index is 1.71. The van der Waals surface area contributed by atoms with Crippen molar-refractivity contribution < 1.29 is 9.53 Å². The minimum atomic E-state index is -0.240. The topological polar surface area (TPSA) is 65.2 Å². The molecule has 1 saturated carbocycles. The van der Waals surface area contributed by atoms with E-state index in [2.05, 4.69) is 18.8 Å². The first-order chi connectivity index (χ1) is 10.0. The zero-order chi connectivity index (χ0) is 15.0. The van der Waals surface area contributed by atoms with Crippen LogP contribution in [-0.2, 0) is 4.74 Å². The maximum Gasteiger partial charge on any atom is 0.338 e. The average molecular weight is 304 g/mol. The van der Waals surface area contributed by atoms with Crippen molar-refractivity contribution in [2.45, 2.75) is 39.2 Å². The molecule has 1 aliphatic rings. The first-order valence-electron chi connectivity index (χ1n) is 7.40. The zero-order valence-electron chi connectivity index (χ0n) is 12.3. The highest BCUT2D eigenvalue weighted by Crippen LogP contribution is 2.31. The van der Waals surface area contributed by atoms with Gasteiger partial charge < -0.3 is 10.5 Å². The van der Waals surface area contributed by atoms with Crippen molar-refractivity contribution in [3.8, 4) is 0 Å². The van der Waals surface area contributed by atoms with E-state index in [1.165, 1.54) is 11.3 Å². The third kappa shape index (κ3) is 3.02. The second kappa shape index (κ2) is 5.64. The molecule has 0 spiro atoms. The Hall–Kier alpha value is -1.62. The number of fused-ring (bicyclic) bond motifs is 1. The van der Waals surface area contributed by atoms with Crippen LogP contribution in [0.1, 0.15) is 43.5 Å². The van der Waals surface area contributed by atoms with Crippen molar-refractivity contribution in [3.63, 3.8) is 0 Å². The van der Waals surface area contributed by atoms with Gasteiger partial charge in [-0.15, -0.1) is 0 Å². The Morgan fingerprint density at radius 3 is 2.90 bits per heavy atom. The molecule has 0 radical (unpaired) electrons. The molecular formula is C16H20N2O2S. The van der Waals surface area contributed by atoms with Gasteiger partial charge in [0.15, 0.2) is 5.13 Å². The lowest BCUT2D eigenvalue weighted by atomic mass is 9.80. The standard InChI is InChI=1S/C16H20N2O2S/c1-9-3-5-12(7-10(9)2)20-15(19)11-4-6-13-14(8-11)21-16(17)18-13/h4,6,8-10,12H,3,5,7H2,1-2H3,(H2,17,18). The van der Waals surface area contributed by atoms with Gasteiger partial charge in [-0.3, -0.25) is 0 Å². The molecule has 1 aromatic heterocycles. The fourth-order valence-electron chi connectivity index (χ4n) is 2.89. The number of hydrogen-bond acceptors (Lipinski definition) is 5. The van der Waals surface area contributed by atoms with Gasteiger partial charge >= 0.3 is 5.97 Å². The van der Waals surface area contributed by atoms with Crippen LogP contribution in [0, 0.1) is 11.8 Å². The van der Waals surface area contributed by atoms with Gasteiger partial charge in [-0.05, 0) is 49.3 Å². The smallest absolute Gasteiger partial charge is 0.338 e. The molecule has 0 amide bonds. The summed E-state index contributed by atoms with van der Waals surface area (Å²) in [6, 6.07) is 5.41. The van der Waals surface area contributed by atoms with Crippen LogP contribution in [0.2, 0.25) is 0 Å². The molecule has 3 unspecified atom stereocenters. The number of carbonyl (C=O) groups excluding carboxylic acids is 1. The summed E-state index contributed by atoms with van der Waals surface area (Å²) >= 11 is 1.39. The molecule has 1 fully saturated rings. The Morgan fingerprint density at radius 2 is 2.14 bits per heavy atom. The molecule has 1 heterocycles.